The second-order valence-corrected chi connectivity index (χ2v) is 5.88. The van der Waals surface area contributed by atoms with Crippen LogP contribution in [0.15, 0.2) is 48.5 Å². The number of carbonyl (C=O) groups is 1. The van der Waals surface area contributed by atoms with Gasteiger partial charge in [0.1, 0.15) is 5.82 Å². The number of benzene rings is 2. The molecule has 3 heteroatoms. The maximum Gasteiger partial charge on any atom is 0.225 e. The summed E-state index contributed by atoms with van der Waals surface area (Å²) in [6, 6.07) is 14.5. The lowest BCUT2D eigenvalue weighted by Gasteiger charge is -2.15. The van der Waals surface area contributed by atoms with Gasteiger partial charge in [-0.25, -0.2) is 4.39 Å². The zero-order valence-electron chi connectivity index (χ0n) is 13.3. The van der Waals surface area contributed by atoms with E-state index in [1.165, 1.54) is 11.6 Å². The summed E-state index contributed by atoms with van der Waals surface area (Å²) in [4.78, 5) is 12.0. The molecule has 0 saturated carbocycles. The van der Waals surface area contributed by atoms with Crippen LogP contribution in [0.1, 0.15) is 49.4 Å². The molecule has 116 valence electrons. The van der Waals surface area contributed by atoms with Crippen molar-refractivity contribution in [3.8, 4) is 0 Å². The monoisotopic (exact) mass is 299 g/mol. The van der Waals surface area contributed by atoms with Crippen LogP contribution in [0.4, 0.5) is 4.39 Å². The largest absolute Gasteiger partial charge is 0.349 e. The normalized spacial score (nSPS) is 12.2. The zero-order valence-corrected chi connectivity index (χ0v) is 13.3. The third kappa shape index (κ3) is 4.17. The van der Waals surface area contributed by atoms with E-state index in [-0.39, 0.29) is 24.2 Å². The van der Waals surface area contributed by atoms with Crippen molar-refractivity contribution in [3.05, 3.63) is 71.0 Å². The second-order valence-electron chi connectivity index (χ2n) is 5.88. The molecule has 0 aliphatic carbocycles. The molecule has 0 bridgehead atoms. The third-order valence-electron chi connectivity index (χ3n) is 3.79. The predicted octanol–water partition coefficient (Wildman–Crippen LogP) is 4.37. The van der Waals surface area contributed by atoms with Crippen LogP contribution in [0.3, 0.4) is 0 Å². The van der Waals surface area contributed by atoms with Gasteiger partial charge in [-0.1, -0.05) is 56.3 Å². The first-order valence-electron chi connectivity index (χ1n) is 7.60. The molecule has 0 spiro atoms. The summed E-state index contributed by atoms with van der Waals surface area (Å²) in [5, 5.41) is 2.91. The fourth-order valence-electron chi connectivity index (χ4n) is 2.36. The first-order valence-corrected chi connectivity index (χ1v) is 7.60. The van der Waals surface area contributed by atoms with E-state index in [9.17, 15) is 9.18 Å². The molecule has 1 amide bonds. The molecule has 2 aromatic carbocycles. The van der Waals surface area contributed by atoms with Crippen molar-refractivity contribution in [3.63, 3.8) is 0 Å². The Bertz CT molecular complexity index is 634. The van der Waals surface area contributed by atoms with Crippen LogP contribution in [0.25, 0.3) is 0 Å². The Balaban J connectivity index is 1.97. The minimum absolute atomic E-state index is 0.0566. The summed E-state index contributed by atoms with van der Waals surface area (Å²) in [5.74, 6) is -0.0304. The molecule has 0 aliphatic heterocycles. The van der Waals surface area contributed by atoms with Gasteiger partial charge in [-0.3, -0.25) is 4.79 Å². The first-order chi connectivity index (χ1) is 10.5. The maximum absolute atomic E-state index is 13.6. The molecule has 0 heterocycles. The highest BCUT2D eigenvalue weighted by atomic mass is 19.1. The topological polar surface area (TPSA) is 29.1 Å². The standard InChI is InChI=1S/C19H22FNO/c1-13(2)15-8-10-16(11-9-15)14(3)21-19(22)12-17-6-4-5-7-18(17)20/h4-11,13-14H,12H2,1-3H3,(H,21,22)/t14-/m1/s1. The minimum Gasteiger partial charge on any atom is -0.349 e. The molecule has 2 aromatic rings. The molecule has 2 nitrogen and oxygen atoms in total. The second kappa shape index (κ2) is 7.21. The lowest BCUT2D eigenvalue weighted by molar-refractivity contribution is -0.121. The van der Waals surface area contributed by atoms with Crippen molar-refractivity contribution < 1.29 is 9.18 Å². The summed E-state index contributed by atoms with van der Waals surface area (Å²) in [6.45, 7) is 6.23. The fraction of sp³-hybridized carbons (Fsp3) is 0.316. The van der Waals surface area contributed by atoms with E-state index in [0.29, 0.717) is 11.5 Å². The molecule has 0 radical (unpaired) electrons. The number of hydrogen-bond donors (Lipinski definition) is 1. The van der Waals surface area contributed by atoms with E-state index >= 15 is 0 Å². The van der Waals surface area contributed by atoms with Crippen molar-refractivity contribution in [1.82, 2.24) is 5.32 Å². The lowest BCUT2D eigenvalue weighted by atomic mass is 9.99. The molecule has 0 unspecified atom stereocenters. The van der Waals surface area contributed by atoms with E-state index in [0.717, 1.165) is 5.56 Å². The highest BCUT2D eigenvalue weighted by Gasteiger charge is 2.12. The highest BCUT2D eigenvalue weighted by molar-refractivity contribution is 5.79. The lowest BCUT2D eigenvalue weighted by Crippen LogP contribution is -2.28. The smallest absolute Gasteiger partial charge is 0.225 e. The Morgan fingerprint density at radius 3 is 2.18 bits per heavy atom. The van der Waals surface area contributed by atoms with Crippen molar-refractivity contribution in [2.75, 3.05) is 0 Å². The average Bonchev–Trinajstić information content (AvgIpc) is 2.49. The molecule has 0 aliphatic rings. The Kier molecular flexibility index (Phi) is 5.31. The average molecular weight is 299 g/mol. The van der Waals surface area contributed by atoms with Gasteiger partial charge >= 0.3 is 0 Å². The van der Waals surface area contributed by atoms with E-state index in [1.807, 2.05) is 19.1 Å². The fourth-order valence-corrected chi connectivity index (χ4v) is 2.36. The zero-order chi connectivity index (χ0) is 16.1. The quantitative estimate of drug-likeness (QED) is 0.872. The molecule has 0 fully saturated rings. The molecular formula is C19H22FNO. The van der Waals surface area contributed by atoms with Gasteiger partial charge in [0.15, 0.2) is 0 Å². The third-order valence-corrected chi connectivity index (χ3v) is 3.79. The molecular weight excluding hydrogens is 277 g/mol. The Morgan fingerprint density at radius 1 is 1.00 bits per heavy atom. The van der Waals surface area contributed by atoms with Crippen LogP contribution in [0.5, 0.6) is 0 Å². The van der Waals surface area contributed by atoms with Gasteiger partial charge in [0.2, 0.25) is 5.91 Å². The highest BCUT2D eigenvalue weighted by Crippen LogP contribution is 2.18. The Labute approximate surface area is 131 Å². The van der Waals surface area contributed by atoms with Gasteiger partial charge in [0.05, 0.1) is 12.5 Å². The van der Waals surface area contributed by atoms with E-state index in [4.69, 9.17) is 0 Å². The van der Waals surface area contributed by atoms with E-state index < -0.39 is 0 Å². The number of halogens is 1. The van der Waals surface area contributed by atoms with Crippen LogP contribution in [0, 0.1) is 5.82 Å². The van der Waals surface area contributed by atoms with Crippen molar-refractivity contribution >= 4 is 5.91 Å². The van der Waals surface area contributed by atoms with Crippen LogP contribution < -0.4 is 5.32 Å². The molecule has 22 heavy (non-hydrogen) atoms. The van der Waals surface area contributed by atoms with Crippen molar-refractivity contribution in [1.29, 1.82) is 0 Å². The van der Waals surface area contributed by atoms with Gasteiger partial charge in [-0.05, 0) is 35.6 Å². The molecule has 1 atom stereocenters. The SMILES string of the molecule is CC(C)c1ccc([C@@H](C)NC(=O)Cc2ccccc2F)cc1. The molecule has 0 aromatic heterocycles. The summed E-state index contributed by atoms with van der Waals surface area (Å²) < 4.78 is 13.6. The minimum atomic E-state index is -0.341. The predicted molar refractivity (Wildman–Crippen MR) is 87.2 cm³/mol. The molecule has 0 saturated heterocycles. The van der Waals surface area contributed by atoms with Crippen LogP contribution in [-0.4, -0.2) is 5.91 Å². The van der Waals surface area contributed by atoms with Crippen molar-refractivity contribution in [2.45, 2.75) is 39.2 Å². The number of hydrogen-bond acceptors (Lipinski definition) is 1. The van der Waals surface area contributed by atoms with Crippen LogP contribution >= 0.6 is 0 Å². The van der Waals surface area contributed by atoms with Gasteiger partial charge < -0.3 is 5.32 Å². The number of amides is 1. The van der Waals surface area contributed by atoms with E-state index in [1.54, 1.807) is 18.2 Å². The first kappa shape index (κ1) is 16.2. The number of carbonyl (C=O) groups excluding carboxylic acids is 1. The van der Waals surface area contributed by atoms with Crippen molar-refractivity contribution in [2.24, 2.45) is 0 Å². The van der Waals surface area contributed by atoms with Gasteiger partial charge in [-0.2, -0.15) is 0 Å². The van der Waals surface area contributed by atoms with Crippen LogP contribution in [0.2, 0.25) is 0 Å². The Morgan fingerprint density at radius 2 is 1.59 bits per heavy atom. The van der Waals surface area contributed by atoms with E-state index in [2.05, 4.69) is 31.3 Å². The number of nitrogens with one attached hydrogen (secondary N) is 1. The summed E-state index contributed by atoms with van der Waals surface area (Å²) in [5.41, 5.74) is 2.74. The number of rotatable bonds is 5. The van der Waals surface area contributed by atoms with Gasteiger partial charge in [0.25, 0.3) is 0 Å². The Hall–Kier alpha value is -2.16. The summed E-state index contributed by atoms with van der Waals surface area (Å²) in [7, 11) is 0. The molecule has 1 N–H and O–H groups in total. The summed E-state index contributed by atoms with van der Waals surface area (Å²) >= 11 is 0. The molecule has 2 rings (SSSR count). The van der Waals surface area contributed by atoms with Gasteiger partial charge in [-0.15, -0.1) is 0 Å². The van der Waals surface area contributed by atoms with Crippen LogP contribution in [-0.2, 0) is 11.2 Å². The summed E-state index contributed by atoms with van der Waals surface area (Å²) in [6.07, 6.45) is 0.0566. The maximum atomic E-state index is 13.6. The van der Waals surface area contributed by atoms with Gasteiger partial charge in [0, 0.05) is 0 Å².